The molecule has 182 valence electrons. The Kier molecular flexibility index (Phi) is 5.99. The number of nitrogens with two attached hydrogens (primary N) is 1. The van der Waals surface area contributed by atoms with Crippen LogP contribution < -0.4 is 16.0 Å². The Morgan fingerprint density at radius 1 is 1.42 bits per heavy atom. The van der Waals surface area contributed by atoms with Crippen molar-refractivity contribution in [3.63, 3.8) is 0 Å². The molecule has 0 unspecified atom stereocenters. The van der Waals surface area contributed by atoms with Gasteiger partial charge in [0, 0.05) is 12.6 Å². The minimum absolute atomic E-state index is 0.0242. The van der Waals surface area contributed by atoms with Gasteiger partial charge in [-0.15, -0.1) is 0 Å². The Morgan fingerprint density at radius 2 is 2.17 bits per heavy atom. The summed E-state index contributed by atoms with van der Waals surface area (Å²) in [5, 5.41) is 15.4. The van der Waals surface area contributed by atoms with Crippen LogP contribution in [0.1, 0.15) is 12.6 Å². The summed E-state index contributed by atoms with van der Waals surface area (Å²) >= 11 is 5.88. The van der Waals surface area contributed by atoms with Crippen molar-refractivity contribution in [2.24, 2.45) is 10.7 Å². The van der Waals surface area contributed by atoms with Gasteiger partial charge in [-0.05, 0) is 25.3 Å². The summed E-state index contributed by atoms with van der Waals surface area (Å²) in [6.45, 7) is 7.55. The van der Waals surface area contributed by atoms with Gasteiger partial charge in [0.2, 0.25) is 5.69 Å². The van der Waals surface area contributed by atoms with Crippen molar-refractivity contribution in [2.45, 2.75) is 18.5 Å². The molecule has 0 aliphatic carbocycles. The van der Waals surface area contributed by atoms with E-state index in [1.807, 2.05) is 0 Å². The SMILES string of the molecule is [C-]#[N+]c1cc(NC(=O)N2C[C@@](C)(C(F)(F)F)c3c2cnc2cc(Cl)nn32)cnc1/N=C(C#N)/C=C\N. The van der Waals surface area contributed by atoms with Crippen LogP contribution in [0.2, 0.25) is 5.15 Å². The van der Waals surface area contributed by atoms with Crippen LogP contribution in [-0.4, -0.2) is 44.0 Å². The van der Waals surface area contributed by atoms with Crippen LogP contribution in [0.15, 0.2) is 41.8 Å². The predicted molar refractivity (Wildman–Crippen MR) is 124 cm³/mol. The molecule has 4 rings (SSSR count). The average molecular weight is 515 g/mol. The van der Waals surface area contributed by atoms with Crippen LogP contribution in [-0.2, 0) is 5.41 Å². The number of carbonyl (C=O) groups excluding carboxylic acids is 1. The maximum Gasteiger partial charge on any atom is 0.401 e. The number of hydrogen-bond donors (Lipinski definition) is 2. The van der Waals surface area contributed by atoms with Gasteiger partial charge < -0.3 is 11.1 Å². The fraction of sp³-hybridized carbons (Fsp3) is 0.190. The van der Waals surface area contributed by atoms with Gasteiger partial charge in [-0.2, -0.15) is 23.5 Å². The molecule has 3 aromatic rings. The Morgan fingerprint density at radius 3 is 2.81 bits per heavy atom. The van der Waals surface area contributed by atoms with E-state index in [0.29, 0.717) is 0 Å². The third-order valence-corrected chi connectivity index (χ3v) is 5.59. The number of aromatic nitrogens is 4. The van der Waals surface area contributed by atoms with E-state index >= 15 is 0 Å². The third kappa shape index (κ3) is 4.03. The highest BCUT2D eigenvalue weighted by Gasteiger charge is 2.60. The van der Waals surface area contributed by atoms with Gasteiger partial charge in [0.05, 0.1) is 36.0 Å². The van der Waals surface area contributed by atoms with Crippen molar-refractivity contribution in [3.8, 4) is 6.07 Å². The van der Waals surface area contributed by atoms with Crippen LogP contribution in [0, 0.1) is 17.9 Å². The summed E-state index contributed by atoms with van der Waals surface area (Å²) in [6, 6.07) is 3.40. The van der Waals surface area contributed by atoms with Crippen molar-refractivity contribution < 1.29 is 18.0 Å². The number of rotatable bonds is 3. The predicted octanol–water partition coefficient (Wildman–Crippen LogP) is 4.27. The molecular weight excluding hydrogens is 501 g/mol. The second-order valence-electron chi connectivity index (χ2n) is 7.72. The monoisotopic (exact) mass is 514 g/mol. The number of hydrogen-bond acceptors (Lipinski definition) is 7. The molecule has 0 fully saturated rings. The first-order chi connectivity index (χ1) is 17.0. The Balaban J connectivity index is 1.71. The fourth-order valence-corrected chi connectivity index (χ4v) is 3.84. The number of nitriles is 1. The standard InChI is InChI=1S/C21H14ClF3N10O/c1-20(21(23,24)25)10-34(14-9-29-16-6-15(22)33-35(16)17(14)20)19(36)32-12-5-13(28-2)18(30-8-12)31-11(7-27)3-4-26/h3-6,8-9H,10,26H2,1H3,(H,32,36)/b4-3-,31-11-/t20-/m1/s1. The van der Waals surface area contributed by atoms with Crippen molar-refractivity contribution in [1.82, 2.24) is 19.6 Å². The van der Waals surface area contributed by atoms with E-state index < -0.39 is 24.2 Å². The number of anilines is 2. The first-order valence-electron chi connectivity index (χ1n) is 9.97. The Labute approximate surface area is 206 Å². The lowest BCUT2D eigenvalue weighted by Crippen LogP contribution is -2.46. The maximum atomic E-state index is 14.2. The molecule has 0 saturated heterocycles. The van der Waals surface area contributed by atoms with Gasteiger partial charge >= 0.3 is 12.2 Å². The van der Waals surface area contributed by atoms with Gasteiger partial charge in [-0.3, -0.25) is 4.90 Å². The molecule has 1 atom stereocenters. The minimum Gasteiger partial charge on any atom is -0.405 e. The summed E-state index contributed by atoms with van der Waals surface area (Å²) in [5.74, 6) is -0.101. The van der Waals surface area contributed by atoms with E-state index in [9.17, 15) is 18.0 Å². The molecule has 0 aromatic carbocycles. The number of urea groups is 1. The smallest absolute Gasteiger partial charge is 0.401 e. The van der Waals surface area contributed by atoms with Crippen LogP contribution in [0.25, 0.3) is 10.5 Å². The summed E-state index contributed by atoms with van der Waals surface area (Å²) in [4.78, 5) is 29.2. The summed E-state index contributed by atoms with van der Waals surface area (Å²) in [7, 11) is 0. The molecule has 2 amide bonds. The second-order valence-corrected chi connectivity index (χ2v) is 8.11. The van der Waals surface area contributed by atoms with Gasteiger partial charge in [0.15, 0.2) is 16.6 Å². The summed E-state index contributed by atoms with van der Waals surface area (Å²) in [6.07, 6.45) is -0.129. The van der Waals surface area contributed by atoms with Crippen LogP contribution >= 0.6 is 11.6 Å². The van der Waals surface area contributed by atoms with Gasteiger partial charge in [0.25, 0.3) is 0 Å². The number of nitrogens with zero attached hydrogens (tertiary/aromatic N) is 8. The van der Waals surface area contributed by atoms with E-state index in [-0.39, 0.29) is 45.1 Å². The fourth-order valence-electron chi connectivity index (χ4n) is 3.67. The number of fused-ring (bicyclic) bond motifs is 3. The van der Waals surface area contributed by atoms with Crippen molar-refractivity contribution in [3.05, 3.63) is 59.1 Å². The number of halogens is 4. The molecule has 0 radical (unpaired) electrons. The van der Waals surface area contributed by atoms with Crippen molar-refractivity contribution >= 4 is 51.9 Å². The first-order valence-corrected chi connectivity index (χ1v) is 10.3. The van der Waals surface area contributed by atoms with Gasteiger partial charge in [-0.1, -0.05) is 11.6 Å². The number of amides is 2. The maximum absolute atomic E-state index is 14.2. The quantitative estimate of drug-likeness (QED) is 0.395. The molecule has 36 heavy (non-hydrogen) atoms. The van der Waals surface area contributed by atoms with E-state index in [1.165, 1.54) is 18.2 Å². The normalized spacial score (nSPS) is 17.8. The van der Waals surface area contributed by atoms with Crippen LogP contribution in [0.3, 0.4) is 0 Å². The lowest BCUT2D eigenvalue weighted by atomic mass is 9.88. The molecule has 1 aliphatic heterocycles. The molecule has 0 saturated carbocycles. The van der Waals surface area contributed by atoms with Gasteiger partial charge in [-0.25, -0.2) is 29.1 Å². The zero-order valence-electron chi connectivity index (χ0n) is 18.2. The number of nitrogens with one attached hydrogen (secondary N) is 1. The molecule has 3 N–H and O–H groups in total. The molecule has 11 nitrogen and oxygen atoms in total. The van der Waals surface area contributed by atoms with Crippen LogP contribution in [0.5, 0.6) is 0 Å². The van der Waals surface area contributed by atoms with Crippen molar-refractivity contribution in [1.29, 1.82) is 5.26 Å². The molecule has 4 heterocycles. The number of aliphatic imine (C=N–C) groups is 1. The largest absolute Gasteiger partial charge is 0.405 e. The summed E-state index contributed by atoms with van der Waals surface area (Å²) in [5.41, 5.74) is 2.29. The number of allylic oxidation sites excluding steroid dienone is 1. The number of carbonyl (C=O) groups is 1. The highest BCUT2D eigenvalue weighted by atomic mass is 35.5. The van der Waals surface area contributed by atoms with E-state index in [0.717, 1.165) is 34.9 Å². The van der Waals surface area contributed by atoms with E-state index in [2.05, 4.69) is 30.2 Å². The van der Waals surface area contributed by atoms with E-state index in [4.69, 9.17) is 29.2 Å². The zero-order chi connectivity index (χ0) is 26.3. The Hall–Kier alpha value is -4.69. The highest BCUT2D eigenvalue weighted by Crippen LogP contribution is 2.50. The topological polar surface area (TPSA) is 142 Å². The molecule has 0 bridgehead atoms. The van der Waals surface area contributed by atoms with Crippen LogP contribution in [0.4, 0.5) is 40.8 Å². The van der Waals surface area contributed by atoms with E-state index in [1.54, 1.807) is 6.07 Å². The van der Waals surface area contributed by atoms with Crippen molar-refractivity contribution in [2.75, 3.05) is 16.8 Å². The number of pyridine rings is 1. The molecule has 1 aliphatic rings. The zero-order valence-corrected chi connectivity index (χ0v) is 19.0. The summed E-state index contributed by atoms with van der Waals surface area (Å²) < 4.78 is 43.6. The highest BCUT2D eigenvalue weighted by molar-refractivity contribution is 6.29. The van der Waals surface area contributed by atoms with Gasteiger partial charge in [0.1, 0.15) is 17.2 Å². The molecular formula is C21H14ClF3N10O. The lowest BCUT2D eigenvalue weighted by molar-refractivity contribution is -0.181. The first kappa shape index (κ1) is 24.4. The average Bonchev–Trinajstić information content (AvgIpc) is 3.36. The second kappa shape index (κ2) is 8.83. The minimum atomic E-state index is -4.74. The molecule has 3 aromatic heterocycles. The number of alkyl halides is 3. The Bertz CT molecular complexity index is 1530. The molecule has 15 heteroatoms. The lowest BCUT2D eigenvalue weighted by Gasteiger charge is -2.28. The molecule has 0 spiro atoms. The third-order valence-electron chi connectivity index (χ3n) is 5.41.